The normalized spacial score (nSPS) is 13.9. The first-order chi connectivity index (χ1) is 12.1. The minimum absolute atomic E-state index is 0.105. The monoisotopic (exact) mass is 375 g/mol. The first-order valence-corrected chi connectivity index (χ1v) is 7.87. The van der Waals surface area contributed by atoms with Gasteiger partial charge in [-0.05, 0) is 25.8 Å². The Morgan fingerprint density at radius 1 is 0.885 bits per heavy atom. The molecule has 0 saturated carbocycles. The highest BCUT2D eigenvalue weighted by molar-refractivity contribution is 5.95. The van der Waals surface area contributed by atoms with E-state index in [0.717, 1.165) is 0 Å². The van der Waals surface area contributed by atoms with Crippen molar-refractivity contribution in [3.05, 3.63) is 0 Å². The Balaban J connectivity index is 5.00. The van der Waals surface area contributed by atoms with Crippen molar-refractivity contribution in [2.24, 2.45) is 17.2 Å². The Morgan fingerprint density at radius 3 is 1.92 bits per heavy atom. The van der Waals surface area contributed by atoms with Crippen molar-refractivity contribution in [1.82, 2.24) is 10.6 Å². The quantitative estimate of drug-likeness (QED) is 0.161. The number of carbonyl (C=O) groups is 5. The highest BCUT2D eigenvalue weighted by atomic mass is 16.4. The number of nitrogens with two attached hydrogens (primary N) is 3. The number of hydrogen-bond acceptors (Lipinski definition) is 7. The lowest BCUT2D eigenvalue weighted by Gasteiger charge is -2.21. The number of rotatable bonds is 13. The summed E-state index contributed by atoms with van der Waals surface area (Å²) in [6.07, 6.45) is -0.177. The van der Waals surface area contributed by atoms with Gasteiger partial charge in [0.1, 0.15) is 12.1 Å². The Bertz CT molecular complexity index is 540. The van der Waals surface area contributed by atoms with E-state index in [9.17, 15) is 24.0 Å². The van der Waals surface area contributed by atoms with Gasteiger partial charge in [-0.15, -0.1) is 0 Å². The molecule has 148 valence electrons. The first kappa shape index (κ1) is 23.3. The number of carboxylic acids is 2. The predicted octanol–water partition coefficient (Wildman–Crippen LogP) is -3.15. The van der Waals surface area contributed by atoms with Crippen LogP contribution in [-0.4, -0.2) is 64.5 Å². The van der Waals surface area contributed by atoms with E-state index < -0.39 is 60.6 Å². The zero-order valence-corrected chi connectivity index (χ0v) is 14.1. The summed E-state index contributed by atoms with van der Waals surface area (Å²) in [6.45, 7) is 0.363. The molecule has 3 unspecified atom stereocenters. The van der Waals surface area contributed by atoms with E-state index in [4.69, 9.17) is 27.4 Å². The zero-order chi connectivity index (χ0) is 20.3. The molecule has 0 aliphatic carbocycles. The van der Waals surface area contributed by atoms with E-state index in [1.54, 1.807) is 0 Å². The number of primary amides is 1. The lowest BCUT2D eigenvalue weighted by Crippen LogP contribution is -2.55. The van der Waals surface area contributed by atoms with Gasteiger partial charge in [-0.25, -0.2) is 4.79 Å². The minimum Gasteiger partial charge on any atom is -0.481 e. The van der Waals surface area contributed by atoms with Crippen LogP contribution in [0.4, 0.5) is 0 Å². The van der Waals surface area contributed by atoms with Crippen molar-refractivity contribution in [3.8, 4) is 0 Å². The maximum absolute atomic E-state index is 12.2. The fourth-order valence-corrected chi connectivity index (χ4v) is 1.99. The summed E-state index contributed by atoms with van der Waals surface area (Å²) in [6, 6.07) is -4.17. The minimum atomic E-state index is -1.48. The molecular formula is C14H25N5O7. The Morgan fingerprint density at radius 2 is 1.46 bits per heavy atom. The largest absolute Gasteiger partial charge is 0.481 e. The topological polar surface area (TPSA) is 228 Å². The van der Waals surface area contributed by atoms with Crippen LogP contribution in [0.2, 0.25) is 0 Å². The molecule has 0 aromatic carbocycles. The molecule has 10 N–H and O–H groups in total. The van der Waals surface area contributed by atoms with Gasteiger partial charge in [-0.1, -0.05) is 0 Å². The van der Waals surface area contributed by atoms with Gasteiger partial charge < -0.3 is 38.0 Å². The van der Waals surface area contributed by atoms with E-state index in [1.807, 2.05) is 0 Å². The van der Waals surface area contributed by atoms with Crippen LogP contribution in [0, 0.1) is 0 Å². The molecule has 3 amide bonds. The molecule has 0 rings (SSSR count). The average Bonchev–Trinajstić information content (AvgIpc) is 2.51. The molecule has 0 aromatic heterocycles. The summed E-state index contributed by atoms with van der Waals surface area (Å²) in [5.41, 5.74) is 15.7. The van der Waals surface area contributed by atoms with Gasteiger partial charge in [0, 0.05) is 0 Å². The van der Waals surface area contributed by atoms with Crippen LogP contribution in [0.5, 0.6) is 0 Å². The molecule has 0 aliphatic heterocycles. The molecule has 0 aliphatic rings. The third-order valence-corrected chi connectivity index (χ3v) is 3.33. The summed E-state index contributed by atoms with van der Waals surface area (Å²) in [4.78, 5) is 57.0. The molecule has 12 heteroatoms. The van der Waals surface area contributed by atoms with Crippen LogP contribution in [0.15, 0.2) is 0 Å². The van der Waals surface area contributed by atoms with Crippen molar-refractivity contribution in [1.29, 1.82) is 0 Å². The highest BCUT2D eigenvalue weighted by Gasteiger charge is 2.29. The van der Waals surface area contributed by atoms with Crippen LogP contribution >= 0.6 is 0 Å². The highest BCUT2D eigenvalue weighted by Crippen LogP contribution is 2.03. The lowest BCUT2D eigenvalue weighted by molar-refractivity contribution is -0.143. The Hall–Kier alpha value is -2.73. The van der Waals surface area contributed by atoms with E-state index in [1.165, 1.54) is 0 Å². The van der Waals surface area contributed by atoms with Crippen LogP contribution < -0.4 is 27.8 Å². The van der Waals surface area contributed by atoms with Gasteiger partial charge in [0.2, 0.25) is 17.7 Å². The molecule has 0 bridgehead atoms. The van der Waals surface area contributed by atoms with Crippen molar-refractivity contribution < 1.29 is 34.2 Å². The van der Waals surface area contributed by atoms with E-state index in [-0.39, 0.29) is 6.42 Å². The maximum Gasteiger partial charge on any atom is 0.326 e. The second-order valence-electron chi connectivity index (χ2n) is 5.62. The van der Waals surface area contributed by atoms with Crippen molar-refractivity contribution in [2.45, 2.75) is 50.2 Å². The molecule has 0 saturated heterocycles. The smallest absolute Gasteiger partial charge is 0.326 e. The van der Waals surface area contributed by atoms with E-state index >= 15 is 0 Å². The van der Waals surface area contributed by atoms with Crippen LogP contribution in [0.25, 0.3) is 0 Å². The fourth-order valence-electron chi connectivity index (χ4n) is 1.99. The van der Waals surface area contributed by atoms with E-state index in [0.29, 0.717) is 19.4 Å². The summed E-state index contributed by atoms with van der Waals surface area (Å²) >= 11 is 0. The zero-order valence-electron chi connectivity index (χ0n) is 14.1. The number of amides is 3. The predicted molar refractivity (Wildman–Crippen MR) is 88.4 cm³/mol. The third-order valence-electron chi connectivity index (χ3n) is 3.33. The summed E-state index contributed by atoms with van der Waals surface area (Å²) in [7, 11) is 0. The lowest BCUT2D eigenvalue weighted by atomic mass is 10.1. The molecule has 0 heterocycles. The SMILES string of the molecule is NCCCCC(NC(=O)C(CC(N)=O)NC(=O)C(N)CC(=O)O)C(=O)O. The molecule has 12 nitrogen and oxygen atoms in total. The van der Waals surface area contributed by atoms with Gasteiger partial charge in [0.05, 0.1) is 18.9 Å². The molecular weight excluding hydrogens is 350 g/mol. The summed E-state index contributed by atoms with van der Waals surface area (Å²) in [5.74, 6) is -5.47. The third kappa shape index (κ3) is 9.54. The van der Waals surface area contributed by atoms with Gasteiger partial charge in [0.25, 0.3) is 0 Å². The standard InChI is InChI=1S/C14H25N5O7/c15-4-2-1-3-8(14(25)26)18-13(24)9(6-10(17)20)19-12(23)7(16)5-11(21)22/h7-9H,1-6,15-16H2,(H2,17,20)(H,18,24)(H,19,23)(H,21,22)(H,25,26). The maximum atomic E-state index is 12.2. The Kier molecular flexibility index (Phi) is 10.5. The second-order valence-corrected chi connectivity index (χ2v) is 5.62. The van der Waals surface area contributed by atoms with Crippen LogP contribution in [0.1, 0.15) is 32.1 Å². The van der Waals surface area contributed by atoms with Gasteiger partial charge in [-0.3, -0.25) is 19.2 Å². The second kappa shape index (κ2) is 11.8. The Labute approximate surface area is 149 Å². The average molecular weight is 375 g/mol. The first-order valence-electron chi connectivity index (χ1n) is 7.87. The van der Waals surface area contributed by atoms with Crippen LogP contribution in [-0.2, 0) is 24.0 Å². The number of nitrogens with one attached hydrogen (secondary N) is 2. The fraction of sp³-hybridized carbons (Fsp3) is 0.643. The molecule has 26 heavy (non-hydrogen) atoms. The molecule has 0 aromatic rings. The van der Waals surface area contributed by atoms with Gasteiger partial charge in [-0.2, -0.15) is 0 Å². The molecule has 3 atom stereocenters. The van der Waals surface area contributed by atoms with E-state index in [2.05, 4.69) is 10.6 Å². The summed E-state index contributed by atoms with van der Waals surface area (Å²) < 4.78 is 0. The molecule has 0 radical (unpaired) electrons. The molecule has 0 fully saturated rings. The van der Waals surface area contributed by atoms with Crippen molar-refractivity contribution in [2.75, 3.05) is 6.54 Å². The number of carbonyl (C=O) groups excluding carboxylic acids is 3. The molecule has 0 spiro atoms. The number of hydrogen-bond donors (Lipinski definition) is 7. The number of carboxylic acid groups (broad SMARTS) is 2. The number of unbranched alkanes of at least 4 members (excludes halogenated alkanes) is 1. The van der Waals surface area contributed by atoms with Gasteiger partial charge in [0.15, 0.2) is 0 Å². The van der Waals surface area contributed by atoms with Crippen molar-refractivity contribution in [3.63, 3.8) is 0 Å². The van der Waals surface area contributed by atoms with Crippen molar-refractivity contribution >= 4 is 29.7 Å². The van der Waals surface area contributed by atoms with Gasteiger partial charge >= 0.3 is 11.9 Å². The van der Waals surface area contributed by atoms with Crippen LogP contribution in [0.3, 0.4) is 0 Å². The number of aliphatic carboxylic acids is 2. The summed E-state index contributed by atoms with van der Waals surface area (Å²) in [5, 5.41) is 22.1.